The van der Waals surface area contributed by atoms with E-state index < -0.39 is 26.5 Å². The maximum absolute atomic E-state index is 12.8. The van der Waals surface area contributed by atoms with Crippen molar-refractivity contribution in [2.45, 2.75) is 424 Å². The fraction of sp³-hybridized carbons (Fsp3) is 0.854. The van der Waals surface area contributed by atoms with Gasteiger partial charge in [0.15, 0.2) is 6.10 Å². The van der Waals surface area contributed by atoms with Crippen molar-refractivity contribution in [1.82, 2.24) is 0 Å². The Labute approximate surface area is 571 Å². The molecule has 0 aliphatic carbocycles. The van der Waals surface area contributed by atoms with E-state index in [1.165, 1.54) is 315 Å². The third kappa shape index (κ3) is 76.7. The largest absolute Gasteiger partial charge is 0.472 e. The molecule has 540 valence electrons. The maximum Gasteiger partial charge on any atom is 0.472 e. The molecule has 10 heteroatoms. The van der Waals surface area contributed by atoms with E-state index in [9.17, 15) is 19.0 Å². The molecule has 92 heavy (non-hydrogen) atoms. The van der Waals surface area contributed by atoms with Gasteiger partial charge in [-0.2, -0.15) is 0 Å². The molecular formula is C82H154NO8P. The first-order valence-electron chi connectivity index (χ1n) is 40.3. The Hall–Kier alpha value is -2.29. The van der Waals surface area contributed by atoms with Gasteiger partial charge in [-0.3, -0.25) is 18.6 Å². The van der Waals surface area contributed by atoms with E-state index in [2.05, 4.69) is 74.6 Å². The predicted octanol–water partition coefficient (Wildman–Crippen LogP) is 26.9. The number of rotatable bonds is 77. The van der Waals surface area contributed by atoms with Crippen LogP contribution in [0, 0.1) is 0 Å². The van der Waals surface area contributed by atoms with Crippen molar-refractivity contribution in [3.63, 3.8) is 0 Å². The third-order valence-electron chi connectivity index (χ3n) is 18.2. The van der Waals surface area contributed by atoms with Gasteiger partial charge in [0.05, 0.1) is 13.2 Å². The zero-order valence-electron chi connectivity index (χ0n) is 61.1. The molecule has 0 heterocycles. The average molecular weight is 1310 g/mol. The molecule has 0 aromatic heterocycles. The average Bonchev–Trinajstić information content (AvgIpc) is 3.01. The fourth-order valence-corrected chi connectivity index (χ4v) is 13.0. The third-order valence-corrected chi connectivity index (χ3v) is 19.2. The zero-order chi connectivity index (χ0) is 66.5. The molecule has 0 aromatic carbocycles. The molecular weight excluding hydrogens is 1160 g/mol. The van der Waals surface area contributed by atoms with Crippen molar-refractivity contribution in [3.05, 3.63) is 60.8 Å². The van der Waals surface area contributed by atoms with Crippen molar-refractivity contribution in [1.29, 1.82) is 0 Å². The fourth-order valence-electron chi connectivity index (χ4n) is 12.3. The summed E-state index contributed by atoms with van der Waals surface area (Å²) in [7, 11) is -4.40. The van der Waals surface area contributed by atoms with E-state index >= 15 is 0 Å². The Morgan fingerprint density at radius 2 is 0.598 bits per heavy atom. The minimum atomic E-state index is -4.40. The lowest BCUT2D eigenvalue weighted by atomic mass is 10.0. The molecule has 0 aliphatic heterocycles. The highest BCUT2D eigenvalue weighted by molar-refractivity contribution is 7.47. The summed E-state index contributed by atoms with van der Waals surface area (Å²) in [6.45, 7) is 3.71. The normalized spacial score (nSPS) is 13.1. The Bertz CT molecular complexity index is 1700. The number of hydrogen-bond donors (Lipinski definition) is 2. The highest BCUT2D eigenvalue weighted by Gasteiger charge is 2.26. The molecule has 0 saturated heterocycles. The molecule has 0 radical (unpaired) electrons. The van der Waals surface area contributed by atoms with E-state index in [-0.39, 0.29) is 38.6 Å². The minimum Gasteiger partial charge on any atom is -0.462 e. The van der Waals surface area contributed by atoms with E-state index in [1.807, 2.05) is 0 Å². The molecule has 0 saturated carbocycles. The lowest BCUT2D eigenvalue weighted by Gasteiger charge is -2.19. The van der Waals surface area contributed by atoms with Gasteiger partial charge in [0.2, 0.25) is 0 Å². The Kier molecular flexibility index (Phi) is 75.8. The van der Waals surface area contributed by atoms with Crippen molar-refractivity contribution < 1.29 is 37.6 Å². The number of ether oxygens (including phenoxy) is 2. The second kappa shape index (κ2) is 77.7. The first-order chi connectivity index (χ1) is 45.3. The van der Waals surface area contributed by atoms with Crippen LogP contribution in [0.4, 0.5) is 0 Å². The second-order valence-corrected chi connectivity index (χ2v) is 28.7. The van der Waals surface area contributed by atoms with Gasteiger partial charge < -0.3 is 20.1 Å². The molecule has 2 atom stereocenters. The quantitative estimate of drug-likeness (QED) is 0.0264. The van der Waals surface area contributed by atoms with Crippen LogP contribution in [0.1, 0.15) is 418 Å². The Morgan fingerprint density at radius 1 is 0.337 bits per heavy atom. The molecule has 0 spiro atoms. The van der Waals surface area contributed by atoms with E-state index in [4.69, 9.17) is 24.3 Å². The number of unbranched alkanes of at least 4 members (excludes halogenated alkanes) is 54. The lowest BCUT2D eigenvalue weighted by Crippen LogP contribution is -2.29. The summed E-state index contributed by atoms with van der Waals surface area (Å²) in [5.41, 5.74) is 5.42. The Balaban J connectivity index is 3.75. The minimum absolute atomic E-state index is 0.0549. The standard InChI is InChI=1S/C82H154NO8P/c1-3-5-7-9-11-13-15-17-19-21-23-25-27-29-31-33-35-37-38-39-40-41-43-44-46-48-50-52-54-56-58-60-62-64-66-68-70-72-74-81(84)88-78-80(79-90-92(86,87)89-77-76-83)91-82(85)75-73-71-69-67-65-63-61-59-57-55-53-51-49-47-45-42-36-34-32-30-28-26-24-22-20-18-16-14-12-10-8-6-4-2/h6,8,12,14,18,20,24,26,30,32,80H,3-5,7,9-11,13,15-17,19,21-23,25,27-29,31,33-79,83H2,1-2H3,(H,86,87)/b8-6-,14-12-,20-18-,26-24-,32-30-. The van der Waals surface area contributed by atoms with Crippen LogP contribution in [-0.2, 0) is 32.7 Å². The number of nitrogens with two attached hydrogens (primary N) is 1. The van der Waals surface area contributed by atoms with E-state index in [0.29, 0.717) is 6.42 Å². The summed E-state index contributed by atoms with van der Waals surface area (Å²) in [6, 6.07) is 0. The van der Waals surface area contributed by atoms with Crippen molar-refractivity contribution in [2.75, 3.05) is 26.4 Å². The second-order valence-electron chi connectivity index (χ2n) is 27.3. The van der Waals surface area contributed by atoms with Crippen molar-refractivity contribution in [3.8, 4) is 0 Å². The molecule has 0 bridgehead atoms. The Morgan fingerprint density at radius 3 is 0.891 bits per heavy atom. The van der Waals surface area contributed by atoms with Crippen LogP contribution in [0.3, 0.4) is 0 Å². The SMILES string of the molecule is CC/C=C\C/C=C\C/C=C\C/C=C\C/C=C\CCCCCCCCCCCCCCCCCCCC(=O)OC(COC(=O)CCCCCCCCCCCCCCCCCCCCCCCCCCCCCCCCCCCCCCCC)COP(=O)(O)OCCN. The highest BCUT2D eigenvalue weighted by atomic mass is 31.2. The molecule has 0 aromatic rings. The van der Waals surface area contributed by atoms with Crippen LogP contribution in [0.5, 0.6) is 0 Å². The molecule has 0 rings (SSSR count). The zero-order valence-corrected chi connectivity index (χ0v) is 62.0. The summed E-state index contributed by atoms with van der Waals surface area (Å²) in [5, 5.41) is 0. The number of carbonyl (C=O) groups is 2. The van der Waals surface area contributed by atoms with Gasteiger partial charge in [-0.1, -0.05) is 408 Å². The predicted molar refractivity (Wildman–Crippen MR) is 400 cm³/mol. The summed E-state index contributed by atoms with van der Waals surface area (Å²) in [5.74, 6) is -0.805. The van der Waals surface area contributed by atoms with E-state index in [0.717, 1.165) is 70.6 Å². The summed E-state index contributed by atoms with van der Waals surface area (Å²) in [4.78, 5) is 35.5. The lowest BCUT2D eigenvalue weighted by molar-refractivity contribution is -0.161. The van der Waals surface area contributed by atoms with Gasteiger partial charge in [0.25, 0.3) is 0 Å². The number of carbonyl (C=O) groups excluding carboxylic acids is 2. The van der Waals surface area contributed by atoms with Gasteiger partial charge >= 0.3 is 19.8 Å². The van der Waals surface area contributed by atoms with Gasteiger partial charge in [0.1, 0.15) is 6.61 Å². The molecule has 0 amide bonds. The van der Waals surface area contributed by atoms with Crippen LogP contribution in [0.2, 0.25) is 0 Å². The summed E-state index contributed by atoms with van der Waals surface area (Å²) < 4.78 is 33.3. The smallest absolute Gasteiger partial charge is 0.462 e. The molecule has 0 fully saturated rings. The van der Waals surface area contributed by atoms with Gasteiger partial charge in [-0.25, -0.2) is 4.57 Å². The number of phosphoric acid groups is 1. The monoisotopic (exact) mass is 1310 g/mol. The highest BCUT2D eigenvalue weighted by Crippen LogP contribution is 2.43. The van der Waals surface area contributed by atoms with Crippen LogP contribution >= 0.6 is 7.82 Å². The topological polar surface area (TPSA) is 134 Å². The molecule has 3 N–H and O–H groups in total. The van der Waals surface area contributed by atoms with Gasteiger partial charge in [-0.05, 0) is 57.8 Å². The van der Waals surface area contributed by atoms with Crippen molar-refractivity contribution >= 4 is 19.8 Å². The molecule has 9 nitrogen and oxygen atoms in total. The summed E-state index contributed by atoms with van der Waals surface area (Å²) in [6.07, 6.45) is 102. The number of hydrogen-bond acceptors (Lipinski definition) is 8. The van der Waals surface area contributed by atoms with Crippen LogP contribution in [0.25, 0.3) is 0 Å². The van der Waals surface area contributed by atoms with Crippen molar-refractivity contribution in [2.24, 2.45) is 5.73 Å². The van der Waals surface area contributed by atoms with Crippen LogP contribution in [-0.4, -0.2) is 49.3 Å². The number of esters is 2. The number of allylic oxidation sites excluding steroid dienone is 10. The maximum atomic E-state index is 12.8. The first kappa shape index (κ1) is 89.7. The number of phosphoric ester groups is 1. The summed E-state index contributed by atoms with van der Waals surface area (Å²) >= 11 is 0. The van der Waals surface area contributed by atoms with Gasteiger partial charge in [0, 0.05) is 19.4 Å². The van der Waals surface area contributed by atoms with Crippen LogP contribution < -0.4 is 5.73 Å². The first-order valence-corrected chi connectivity index (χ1v) is 41.8. The molecule has 0 aliphatic rings. The van der Waals surface area contributed by atoms with Crippen LogP contribution in [0.15, 0.2) is 60.8 Å². The molecule has 2 unspecified atom stereocenters. The van der Waals surface area contributed by atoms with E-state index in [1.54, 1.807) is 0 Å². The van der Waals surface area contributed by atoms with Gasteiger partial charge in [-0.15, -0.1) is 0 Å².